The van der Waals surface area contributed by atoms with Crippen molar-refractivity contribution in [3.63, 3.8) is 0 Å². The van der Waals surface area contributed by atoms with Crippen molar-refractivity contribution in [2.24, 2.45) is 5.92 Å². The van der Waals surface area contributed by atoms with Gasteiger partial charge in [-0.25, -0.2) is 0 Å². The number of likely N-dealkylation sites (tertiary alicyclic amines) is 1. The second-order valence-electron chi connectivity index (χ2n) is 2.38. The van der Waals surface area contributed by atoms with E-state index >= 15 is 0 Å². The Bertz CT molecular complexity index is 114. The minimum atomic E-state index is 0.306. The highest BCUT2D eigenvalue weighted by Gasteiger charge is 2.17. The molecule has 0 bridgehead atoms. The predicted molar refractivity (Wildman–Crippen MR) is 31.2 cm³/mol. The van der Waals surface area contributed by atoms with E-state index in [0.717, 1.165) is 19.5 Å². The van der Waals surface area contributed by atoms with Crippen LogP contribution in [0.1, 0.15) is 6.42 Å². The summed E-state index contributed by atoms with van der Waals surface area (Å²) in [5, 5.41) is 8.41. The summed E-state index contributed by atoms with van der Waals surface area (Å²) >= 11 is 0. The molecule has 0 aromatic rings. The first-order chi connectivity index (χ1) is 3.83. The zero-order valence-corrected chi connectivity index (χ0v) is 5.09. The highest BCUT2D eigenvalue weighted by Crippen LogP contribution is 2.11. The third-order valence-corrected chi connectivity index (χ3v) is 1.57. The van der Waals surface area contributed by atoms with Gasteiger partial charge in [0.15, 0.2) is 0 Å². The Kier molecular flexibility index (Phi) is 1.50. The van der Waals surface area contributed by atoms with Crippen LogP contribution in [0.3, 0.4) is 0 Å². The SMILES string of the molecule is CN1CCC(C#N)C1. The van der Waals surface area contributed by atoms with Gasteiger partial charge in [0.25, 0.3) is 0 Å². The number of nitrogens with zero attached hydrogens (tertiary/aromatic N) is 2. The fourth-order valence-electron chi connectivity index (χ4n) is 1.04. The van der Waals surface area contributed by atoms with Gasteiger partial charge in [-0.05, 0) is 20.0 Å². The lowest BCUT2D eigenvalue weighted by atomic mass is 10.1. The van der Waals surface area contributed by atoms with Crippen LogP contribution in [0.5, 0.6) is 0 Å². The number of hydrogen-bond donors (Lipinski definition) is 0. The molecule has 8 heavy (non-hydrogen) atoms. The van der Waals surface area contributed by atoms with Crippen LogP contribution in [0.2, 0.25) is 0 Å². The monoisotopic (exact) mass is 110 g/mol. The Morgan fingerprint density at radius 1 is 1.75 bits per heavy atom. The van der Waals surface area contributed by atoms with Crippen molar-refractivity contribution in [1.82, 2.24) is 4.90 Å². The quantitative estimate of drug-likeness (QED) is 0.453. The molecular formula is C6H10N2. The van der Waals surface area contributed by atoms with E-state index in [1.165, 1.54) is 0 Å². The third kappa shape index (κ3) is 0.988. The van der Waals surface area contributed by atoms with Crippen LogP contribution in [-0.4, -0.2) is 25.0 Å². The smallest absolute Gasteiger partial charge is 0.0669 e. The van der Waals surface area contributed by atoms with Crippen molar-refractivity contribution in [3.05, 3.63) is 0 Å². The molecule has 1 atom stereocenters. The Balaban J connectivity index is 2.35. The molecule has 0 spiro atoms. The van der Waals surface area contributed by atoms with Crippen LogP contribution in [0.15, 0.2) is 0 Å². The normalized spacial score (nSPS) is 30.2. The Morgan fingerprint density at radius 2 is 2.50 bits per heavy atom. The topological polar surface area (TPSA) is 27.0 Å². The summed E-state index contributed by atoms with van der Waals surface area (Å²) in [5.41, 5.74) is 0. The number of hydrogen-bond acceptors (Lipinski definition) is 2. The van der Waals surface area contributed by atoms with E-state index in [-0.39, 0.29) is 0 Å². The van der Waals surface area contributed by atoms with E-state index in [1.807, 2.05) is 0 Å². The largest absolute Gasteiger partial charge is 0.305 e. The van der Waals surface area contributed by atoms with Gasteiger partial charge in [-0.15, -0.1) is 0 Å². The molecule has 1 fully saturated rings. The summed E-state index contributed by atoms with van der Waals surface area (Å²) in [5.74, 6) is 0.306. The molecule has 0 aromatic carbocycles. The average molecular weight is 110 g/mol. The van der Waals surface area contributed by atoms with Crippen LogP contribution in [0.25, 0.3) is 0 Å². The van der Waals surface area contributed by atoms with E-state index in [1.54, 1.807) is 0 Å². The van der Waals surface area contributed by atoms with Gasteiger partial charge in [0.2, 0.25) is 0 Å². The van der Waals surface area contributed by atoms with Crippen LogP contribution in [-0.2, 0) is 0 Å². The van der Waals surface area contributed by atoms with Gasteiger partial charge < -0.3 is 4.90 Å². The first-order valence-corrected chi connectivity index (χ1v) is 2.91. The summed E-state index contributed by atoms with van der Waals surface area (Å²) in [6.07, 6.45) is 1.06. The molecule has 2 nitrogen and oxygen atoms in total. The van der Waals surface area contributed by atoms with Crippen molar-refractivity contribution >= 4 is 0 Å². The zero-order valence-electron chi connectivity index (χ0n) is 5.09. The van der Waals surface area contributed by atoms with Crippen molar-refractivity contribution in [2.45, 2.75) is 6.42 Å². The Labute approximate surface area is 49.7 Å². The van der Waals surface area contributed by atoms with Crippen molar-refractivity contribution in [3.8, 4) is 6.07 Å². The Hall–Kier alpha value is -0.550. The number of nitriles is 1. The van der Waals surface area contributed by atoms with Crippen molar-refractivity contribution in [1.29, 1.82) is 5.26 Å². The molecule has 0 saturated carbocycles. The molecule has 44 valence electrons. The Morgan fingerprint density at radius 3 is 2.75 bits per heavy atom. The second-order valence-corrected chi connectivity index (χ2v) is 2.38. The molecule has 1 rings (SSSR count). The van der Waals surface area contributed by atoms with E-state index in [9.17, 15) is 0 Å². The predicted octanol–water partition coefficient (Wildman–Crippen LogP) is 0.462. The average Bonchev–Trinajstić information content (AvgIpc) is 2.14. The van der Waals surface area contributed by atoms with Gasteiger partial charge in [-0.2, -0.15) is 5.26 Å². The summed E-state index contributed by atoms with van der Waals surface area (Å²) < 4.78 is 0. The summed E-state index contributed by atoms with van der Waals surface area (Å²) in [7, 11) is 2.05. The van der Waals surface area contributed by atoms with Gasteiger partial charge in [0.05, 0.1) is 12.0 Å². The van der Waals surface area contributed by atoms with Crippen LogP contribution in [0, 0.1) is 17.2 Å². The molecule has 0 radical (unpaired) electrons. The molecule has 0 aromatic heterocycles. The van der Waals surface area contributed by atoms with Gasteiger partial charge >= 0.3 is 0 Å². The number of rotatable bonds is 0. The summed E-state index contributed by atoms with van der Waals surface area (Å²) in [6.45, 7) is 2.06. The van der Waals surface area contributed by atoms with E-state index in [2.05, 4.69) is 18.0 Å². The minimum Gasteiger partial charge on any atom is -0.305 e. The molecule has 1 heterocycles. The zero-order chi connectivity index (χ0) is 5.98. The molecule has 1 unspecified atom stereocenters. The van der Waals surface area contributed by atoms with Gasteiger partial charge in [-0.3, -0.25) is 0 Å². The first kappa shape index (κ1) is 5.58. The van der Waals surface area contributed by atoms with Crippen LogP contribution >= 0.6 is 0 Å². The molecule has 1 saturated heterocycles. The second kappa shape index (κ2) is 2.15. The molecule has 0 aliphatic carbocycles. The summed E-state index contributed by atoms with van der Waals surface area (Å²) in [4.78, 5) is 2.19. The fourth-order valence-corrected chi connectivity index (χ4v) is 1.04. The van der Waals surface area contributed by atoms with Crippen LogP contribution in [0.4, 0.5) is 0 Å². The highest BCUT2D eigenvalue weighted by atomic mass is 15.1. The maximum atomic E-state index is 8.41. The molecule has 0 amide bonds. The summed E-state index contributed by atoms with van der Waals surface area (Å²) in [6, 6.07) is 2.25. The molecule has 2 heteroatoms. The molecular weight excluding hydrogens is 100 g/mol. The van der Waals surface area contributed by atoms with Gasteiger partial charge in [-0.1, -0.05) is 0 Å². The van der Waals surface area contributed by atoms with Crippen molar-refractivity contribution < 1.29 is 0 Å². The van der Waals surface area contributed by atoms with Crippen LogP contribution < -0.4 is 0 Å². The van der Waals surface area contributed by atoms with E-state index in [4.69, 9.17) is 5.26 Å². The maximum Gasteiger partial charge on any atom is 0.0669 e. The lowest BCUT2D eigenvalue weighted by Gasteiger charge is -2.02. The lowest BCUT2D eigenvalue weighted by Crippen LogP contribution is -2.13. The van der Waals surface area contributed by atoms with Gasteiger partial charge in [0.1, 0.15) is 0 Å². The third-order valence-electron chi connectivity index (χ3n) is 1.57. The fraction of sp³-hybridized carbons (Fsp3) is 0.833. The van der Waals surface area contributed by atoms with Gasteiger partial charge in [0, 0.05) is 6.54 Å². The van der Waals surface area contributed by atoms with E-state index in [0.29, 0.717) is 5.92 Å². The van der Waals surface area contributed by atoms with Crippen molar-refractivity contribution in [2.75, 3.05) is 20.1 Å². The standard InChI is InChI=1S/C6H10N2/c1-8-3-2-6(4-7)5-8/h6H,2-3,5H2,1H3. The minimum absolute atomic E-state index is 0.306. The molecule has 0 N–H and O–H groups in total. The lowest BCUT2D eigenvalue weighted by molar-refractivity contribution is 0.409. The molecule has 1 aliphatic rings. The van der Waals surface area contributed by atoms with E-state index < -0.39 is 0 Å². The first-order valence-electron chi connectivity index (χ1n) is 2.91. The molecule has 1 aliphatic heterocycles. The maximum absolute atomic E-state index is 8.41. The highest BCUT2D eigenvalue weighted by molar-refractivity contribution is 4.89.